The molecule has 0 radical (unpaired) electrons. The Kier molecular flexibility index (Phi) is 5.74. The number of benzene rings is 1. The molecule has 5 nitrogen and oxygen atoms in total. The van der Waals surface area contributed by atoms with Crippen LogP contribution in [0.4, 0.5) is 0 Å². The second-order valence-electron chi connectivity index (χ2n) is 5.51. The molecule has 3 aromatic rings. The fourth-order valence-electron chi connectivity index (χ4n) is 2.38. The Labute approximate surface area is 150 Å². The number of thiazole rings is 1. The van der Waals surface area contributed by atoms with E-state index in [9.17, 15) is 4.79 Å². The maximum absolute atomic E-state index is 12.1. The van der Waals surface area contributed by atoms with Crippen molar-refractivity contribution in [3.05, 3.63) is 65.4 Å². The van der Waals surface area contributed by atoms with Crippen molar-refractivity contribution >= 4 is 17.2 Å². The highest BCUT2D eigenvalue weighted by Gasteiger charge is 2.09. The molecule has 0 fully saturated rings. The van der Waals surface area contributed by atoms with Crippen molar-refractivity contribution < 1.29 is 9.53 Å². The van der Waals surface area contributed by atoms with E-state index in [-0.39, 0.29) is 5.91 Å². The fraction of sp³-hybridized carbons (Fsp3) is 0.211. The summed E-state index contributed by atoms with van der Waals surface area (Å²) in [5.41, 5.74) is 2.91. The van der Waals surface area contributed by atoms with Gasteiger partial charge in [-0.25, -0.2) is 4.98 Å². The number of aromatic nitrogens is 2. The van der Waals surface area contributed by atoms with E-state index < -0.39 is 0 Å². The fourth-order valence-corrected chi connectivity index (χ4v) is 3.19. The Hall–Kier alpha value is -2.73. The highest BCUT2D eigenvalue weighted by molar-refractivity contribution is 7.13. The van der Waals surface area contributed by atoms with E-state index in [2.05, 4.69) is 15.3 Å². The second kappa shape index (κ2) is 8.39. The number of methoxy groups -OCH3 is 1. The van der Waals surface area contributed by atoms with Gasteiger partial charge in [0.05, 0.1) is 19.2 Å². The lowest BCUT2D eigenvalue weighted by Gasteiger charge is -2.05. The number of rotatable bonds is 7. The quantitative estimate of drug-likeness (QED) is 0.709. The third-order valence-electron chi connectivity index (χ3n) is 3.70. The molecule has 0 bridgehead atoms. The van der Waals surface area contributed by atoms with E-state index in [4.69, 9.17) is 4.74 Å². The molecule has 6 heteroatoms. The minimum absolute atomic E-state index is 0.0171. The summed E-state index contributed by atoms with van der Waals surface area (Å²) in [6.45, 7) is 0.602. The van der Waals surface area contributed by atoms with Crippen LogP contribution in [-0.2, 0) is 17.6 Å². The van der Waals surface area contributed by atoms with Gasteiger partial charge in [0.2, 0.25) is 5.91 Å². The lowest BCUT2D eigenvalue weighted by molar-refractivity contribution is -0.120. The number of hydrogen-bond donors (Lipinski definition) is 1. The first-order valence-electron chi connectivity index (χ1n) is 7.99. The van der Waals surface area contributed by atoms with Gasteiger partial charge in [-0.3, -0.25) is 9.78 Å². The molecule has 128 valence electrons. The van der Waals surface area contributed by atoms with Crippen LogP contribution in [0, 0.1) is 0 Å². The molecule has 0 aliphatic heterocycles. The number of carbonyl (C=O) groups is 1. The van der Waals surface area contributed by atoms with Gasteiger partial charge >= 0.3 is 0 Å². The Bertz CT molecular complexity index is 816. The van der Waals surface area contributed by atoms with Gasteiger partial charge in [0.1, 0.15) is 10.8 Å². The van der Waals surface area contributed by atoms with Crippen LogP contribution in [0.1, 0.15) is 11.3 Å². The van der Waals surface area contributed by atoms with E-state index >= 15 is 0 Å². The van der Waals surface area contributed by atoms with Gasteiger partial charge in [0, 0.05) is 29.9 Å². The second-order valence-corrected chi connectivity index (χ2v) is 6.37. The first kappa shape index (κ1) is 17.1. The van der Waals surface area contributed by atoms with Crippen LogP contribution >= 0.6 is 11.3 Å². The summed E-state index contributed by atoms with van der Waals surface area (Å²) in [6.07, 6.45) is 4.58. The van der Waals surface area contributed by atoms with Crippen LogP contribution in [0.25, 0.3) is 10.6 Å². The number of nitrogens with one attached hydrogen (secondary N) is 1. The topological polar surface area (TPSA) is 64.1 Å². The van der Waals surface area contributed by atoms with Crippen molar-refractivity contribution in [3.8, 4) is 16.3 Å². The zero-order valence-electron chi connectivity index (χ0n) is 13.9. The van der Waals surface area contributed by atoms with E-state index in [0.717, 1.165) is 34.0 Å². The lowest BCUT2D eigenvalue weighted by Crippen LogP contribution is -2.27. The molecule has 1 aromatic carbocycles. The number of carbonyl (C=O) groups excluding carboxylic acids is 1. The summed E-state index contributed by atoms with van der Waals surface area (Å²) in [6, 6.07) is 11.7. The Balaban J connectivity index is 1.47. The summed E-state index contributed by atoms with van der Waals surface area (Å²) in [7, 11) is 1.65. The normalized spacial score (nSPS) is 10.4. The van der Waals surface area contributed by atoms with E-state index in [1.807, 2.05) is 41.8 Å². The summed E-state index contributed by atoms with van der Waals surface area (Å²) in [5, 5.41) is 5.74. The molecular weight excluding hydrogens is 334 g/mol. The zero-order chi connectivity index (χ0) is 17.5. The standard InChI is InChI=1S/C19H19N3O2S/c1-24-17-6-4-14(5-7-17)8-10-21-18(23)11-16-13-25-19(22-16)15-3-2-9-20-12-15/h2-7,9,12-13H,8,10-11H2,1H3,(H,21,23). The molecule has 0 aliphatic rings. The lowest BCUT2D eigenvalue weighted by atomic mass is 10.1. The molecule has 0 unspecified atom stereocenters. The smallest absolute Gasteiger partial charge is 0.226 e. The van der Waals surface area contributed by atoms with Gasteiger partial charge in [0.15, 0.2) is 0 Å². The maximum atomic E-state index is 12.1. The number of nitrogens with zero attached hydrogens (tertiary/aromatic N) is 2. The van der Waals surface area contributed by atoms with Gasteiger partial charge < -0.3 is 10.1 Å². The van der Waals surface area contributed by atoms with Crippen LogP contribution < -0.4 is 10.1 Å². The molecule has 1 N–H and O–H groups in total. The van der Waals surface area contributed by atoms with Crippen molar-refractivity contribution in [2.45, 2.75) is 12.8 Å². The molecule has 0 spiro atoms. The molecular formula is C19H19N3O2S. The third-order valence-corrected chi connectivity index (χ3v) is 4.64. The molecule has 0 atom stereocenters. The molecule has 2 aromatic heterocycles. The van der Waals surface area contributed by atoms with E-state index in [1.54, 1.807) is 19.5 Å². The van der Waals surface area contributed by atoms with Gasteiger partial charge in [-0.1, -0.05) is 12.1 Å². The Morgan fingerprint density at radius 1 is 1.24 bits per heavy atom. The minimum Gasteiger partial charge on any atom is -0.497 e. The molecule has 25 heavy (non-hydrogen) atoms. The molecule has 0 saturated carbocycles. The monoisotopic (exact) mass is 353 g/mol. The summed E-state index contributed by atoms with van der Waals surface area (Å²) in [4.78, 5) is 20.7. The minimum atomic E-state index is -0.0171. The summed E-state index contributed by atoms with van der Waals surface area (Å²) in [5.74, 6) is 0.817. The molecule has 0 saturated heterocycles. The van der Waals surface area contributed by atoms with Crippen molar-refractivity contribution in [3.63, 3.8) is 0 Å². The van der Waals surface area contributed by atoms with E-state index in [0.29, 0.717) is 13.0 Å². The van der Waals surface area contributed by atoms with Crippen LogP contribution in [0.3, 0.4) is 0 Å². The average Bonchev–Trinajstić information content (AvgIpc) is 3.11. The number of pyridine rings is 1. The summed E-state index contributed by atoms with van der Waals surface area (Å²) < 4.78 is 5.13. The maximum Gasteiger partial charge on any atom is 0.226 e. The zero-order valence-corrected chi connectivity index (χ0v) is 14.8. The summed E-state index contributed by atoms with van der Waals surface area (Å²) >= 11 is 1.53. The number of hydrogen-bond acceptors (Lipinski definition) is 5. The molecule has 2 heterocycles. The highest BCUT2D eigenvalue weighted by Crippen LogP contribution is 2.22. The molecule has 1 amide bonds. The van der Waals surface area contributed by atoms with Crippen LogP contribution in [-0.4, -0.2) is 29.5 Å². The number of amides is 1. The first-order valence-corrected chi connectivity index (χ1v) is 8.87. The van der Waals surface area contributed by atoms with E-state index in [1.165, 1.54) is 11.3 Å². The van der Waals surface area contributed by atoms with Crippen LogP contribution in [0.2, 0.25) is 0 Å². The largest absolute Gasteiger partial charge is 0.497 e. The third kappa shape index (κ3) is 4.87. The van der Waals surface area contributed by atoms with Crippen molar-refractivity contribution in [1.29, 1.82) is 0 Å². The molecule has 3 rings (SSSR count). The number of ether oxygens (including phenoxy) is 1. The van der Waals surface area contributed by atoms with Gasteiger partial charge in [0.25, 0.3) is 0 Å². The van der Waals surface area contributed by atoms with Crippen molar-refractivity contribution in [2.24, 2.45) is 0 Å². The van der Waals surface area contributed by atoms with Crippen LogP contribution in [0.5, 0.6) is 5.75 Å². The van der Waals surface area contributed by atoms with Crippen molar-refractivity contribution in [1.82, 2.24) is 15.3 Å². The highest BCUT2D eigenvalue weighted by atomic mass is 32.1. The average molecular weight is 353 g/mol. The molecule has 0 aliphatic carbocycles. The van der Waals surface area contributed by atoms with Gasteiger partial charge in [-0.05, 0) is 36.2 Å². The Morgan fingerprint density at radius 2 is 2.08 bits per heavy atom. The van der Waals surface area contributed by atoms with Crippen LogP contribution in [0.15, 0.2) is 54.2 Å². The Morgan fingerprint density at radius 3 is 2.80 bits per heavy atom. The first-order chi connectivity index (χ1) is 12.2. The predicted octanol–water partition coefficient (Wildman–Crippen LogP) is 3.12. The predicted molar refractivity (Wildman–Crippen MR) is 98.8 cm³/mol. The van der Waals surface area contributed by atoms with Crippen molar-refractivity contribution in [2.75, 3.05) is 13.7 Å². The SMILES string of the molecule is COc1ccc(CCNC(=O)Cc2csc(-c3cccnc3)n2)cc1. The van der Waals surface area contributed by atoms with Gasteiger partial charge in [-0.15, -0.1) is 11.3 Å². The van der Waals surface area contributed by atoms with Gasteiger partial charge in [-0.2, -0.15) is 0 Å².